The van der Waals surface area contributed by atoms with Crippen LogP contribution in [0.4, 0.5) is 10.2 Å². The van der Waals surface area contributed by atoms with Crippen molar-refractivity contribution >= 4 is 21.0 Å². The summed E-state index contributed by atoms with van der Waals surface area (Å²) in [7, 11) is -11.2. The predicted molar refractivity (Wildman–Crippen MR) is 96.8 cm³/mol. The molecule has 0 aliphatic carbocycles. The fourth-order valence-corrected chi connectivity index (χ4v) is 5.08. The third-order valence-corrected chi connectivity index (χ3v) is 8.39. The Bertz CT molecular complexity index is 894. The summed E-state index contributed by atoms with van der Waals surface area (Å²) in [4.78, 5) is 51.7. The van der Waals surface area contributed by atoms with Gasteiger partial charge in [-0.2, -0.15) is 4.98 Å². The van der Waals surface area contributed by atoms with E-state index in [0.29, 0.717) is 0 Å². The first-order valence-electron chi connectivity index (χ1n) is 8.52. The Morgan fingerprint density at radius 1 is 1.30 bits per heavy atom. The first kappa shape index (κ1) is 25.0. The summed E-state index contributed by atoms with van der Waals surface area (Å²) in [6.07, 6.45) is -3.84. The molecule has 8 N–H and O–H groups in total. The maximum Gasteiger partial charge on any atom is 0.369 e. The Labute approximate surface area is 168 Å². The molecule has 0 unspecified atom stereocenters. The SMILES string of the molecule is O=c1nc(NCCCC(O)(P(=O)(O)O)P(=O)(O)O)c(F)cn1[C@H]1C[C@H](O)[C@@H](CO)O1. The van der Waals surface area contributed by atoms with Gasteiger partial charge in [0.2, 0.25) is 0 Å². The van der Waals surface area contributed by atoms with Crippen LogP contribution in [0.2, 0.25) is 0 Å². The fraction of sp³-hybridized carbons (Fsp3) is 0.692. The quantitative estimate of drug-likeness (QED) is 0.145. The van der Waals surface area contributed by atoms with Gasteiger partial charge in [-0.05, 0) is 6.42 Å². The molecule has 1 aliphatic rings. The van der Waals surface area contributed by atoms with Crippen molar-refractivity contribution in [3.63, 3.8) is 0 Å². The van der Waals surface area contributed by atoms with Crippen LogP contribution in [-0.4, -0.2) is 74.9 Å². The molecule has 0 saturated carbocycles. The second-order valence-corrected chi connectivity index (χ2v) is 10.6. The number of hydrogen-bond donors (Lipinski definition) is 8. The van der Waals surface area contributed by atoms with E-state index < -0.39 is 75.5 Å². The van der Waals surface area contributed by atoms with Gasteiger partial charge in [-0.3, -0.25) is 13.7 Å². The summed E-state index contributed by atoms with van der Waals surface area (Å²) in [5.74, 6) is -1.58. The topological polar surface area (TPSA) is 232 Å². The van der Waals surface area contributed by atoms with E-state index in [0.717, 1.165) is 10.8 Å². The zero-order valence-electron chi connectivity index (χ0n) is 15.3. The Morgan fingerprint density at radius 3 is 2.40 bits per heavy atom. The second kappa shape index (κ2) is 9.09. The second-order valence-electron chi connectivity index (χ2n) is 6.63. The molecule has 1 aromatic heterocycles. The minimum Gasteiger partial charge on any atom is -0.394 e. The lowest BCUT2D eigenvalue weighted by molar-refractivity contribution is -0.0461. The molecule has 172 valence electrons. The number of ether oxygens (including phenoxy) is 1. The van der Waals surface area contributed by atoms with E-state index in [-0.39, 0.29) is 13.0 Å². The predicted octanol–water partition coefficient (Wildman–Crippen LogP) is -1.78. The minimum atomic E-state index is -5.60. The number of aliphatic hydroxyl groups is 3. The van der Waals surface area contributed by atoms with Crippen molar-refractivity contribution in [2.24, 2.45) is 0 Å². The molecule has 0 bridgehead atoms. The molecule has 17 heteroatoms. The molecule has 0 amide bonds. The number of nitrogens with zero attached hydrogens (tertiary/aromatic N) is 2. The number of rotatable bonds is 9. The number of anilines is 1. The molecule has 1 aliphatic heterocycles. The van der Waals surface area contributed by atoms with Crippen molar-refractivity contribution in [2.45, 2.75) is 42.8 Å². The molecule has 2 rings (SSSR count). The van der Waals surface area contributed by atoms with E-state index in [2.05, 4.69) is 10.3 Å². The van der Waals surface area contributed by atoms with Gasteiger partial charge in [-0.1, -0.05) is 0 Å². The molecule has 1 aromatic rings. The van der Waals surface area contributed by atoms with E-state index in [4.69, 9.17) is 29.4 Å². The number of nitrogens with one attached hydrogen (secondary N) is 1. The van der Waals surface area contributed by atoms with Crippen molar-refractivity contribution < 1.29 is 53.2 Å². The van der Waals surface area contributed by atoms with Crippen molar-refractivity contribution in [2.75, 3.05) is 18.5 Å². The monoisotopic (exact) mass is 477 g/mol. The summed E-state index contributed by atoms with van der Waals surface area (Å²) in [5.41, 5.74) is -0.961. The van der Waals surface area contributed by atoms with Crippen molar-refractivity contribution in [3.05, 3.63) is 22.5 Å². The maximum absolute atomic E-state index is 14.2. The highest BCUT2D eigenvalue weighted by molar-refractivity contribution is 7.72. The van der Waals surface area contributed by atoms with E-state index in [9.17, 15) is 28.5 Å². The van der Waals surface area contributed by atoms with Gasteiger partial charge in [0.15, 0.2) is 11.6 Å². The molecule has 0 aromatic carbocycles. The number of hydrogen-bond acceptors (Lipinski definition) is 9. The maximum atomic E-state index is 14.2. The van der Waals surface area contributed by atoms with Crippen LogP contribution in [0.25, 0.3) is 0 Å². The summed E-state index contributed by atoms with van der Waals surface area (Å²) < 4.78 is 42.8. The first-order valence-corrected chi connectivity index (χ1v) is 11.7. The molecular formula is C13H22FN3O11P2. The molecule has 0 radical (unpaired) electrons. The first-order chi connectivity index (χ1) is 13.7. The molecular weight excluding hydrogens is 455 g/mol. The highest BCUT2D eigenvalue weighted by atomic mass is 31.2. The normalized spacial score (nSPS) is 23.0. The largest absolute Gasteiger partial charge is 0.394 e. The van der Waals surface area contributed by atoms with Crippen LogP contribution in [0, 0.1) is 5.82 Å². The van der Waals surface area contributed by atoms with Gasteiger partial charge < -0.3 is 44.9 Å². The van der Waals surface area contributed by atoms with Crippen LogP contribution < -0.4 is 11.0 Å². The zero-order chi connectivity index (χ0) is 22.9. The van der Waals surface area contributed by atoms with Crippen LogP contribution in [-0.2, 0) is 13.9 Å². The molecule has 2 heterocycles. The van der Waals surface area contributed by atoms with E-state index in [1.807, 2.05) is 0 Å². The lowest BCUT2D eigenvalue weighted by Crippen LogP contribution is -2.30. The van der Waals surface area contributed by atoms with Crippen LogP contribution >= 0.6 is 15.2 Å². The Kier molecular flexibility index (Phi) is 7.58. The zero-order valence-corrected chi connectivity index (χ0v) is 17.1. The number of aliphatic hydroxyl groups excluding tert-OH is 2. The lowest BCUT2D eigenvalue weighted by Gasteiger charge is -2.29. The highest BCUT2D eigenvalue weighted by Gasteiger charge is 2.58. The Hall–Kier alpha value is -1.25. The third-order valence-electron chi connectivity index (χ3n) is 4.52. The van der Waals surface area contributed by atoms with Gasteiger partial charge >= 0.3 is 20.9 Å². The van der Waals surface area contributed by atoms with Gasteiger partial charge in [0.1, 0.15) is 12.3 Å². The molecule has 1 fully saturated rings. The van der Waals surface area contributed by atoms with Crippen LogP contribution in [0.5, 0.6) is 0 Å². The van der Waals surface area contributed by atoms with Crippen LogP contribution in [0.1, 0.15) is 25.5 Å². The van der Waals surface area contributed by atoms with Gasteiger partial charge in [-0.15, -0.1) is 0 Å². The minimum absolute atomic E-state index is 0.0810. The number of halogens is 1. The lowest BCUT2D eigenvalue weighted by atomic mass is 10.2. The molecule has 3 atom stereocenters. The Morgan fingerprint density at radius 2 is 1.90 bits per heavy atom. The van der Waals surface area contributed by atoms with Gasteiger partial charge in [0, 0.05) is 19.4 Å². The van der Waals surface area contributed by atoms with Crippen molar-refractivity contribution in [1.29, 1.82) is 0 Å². The molecule has 0 spiro atoms. The molecule has 30 heavy (non-hydrogen) atoms. The van der Waals surface area contributed by atoms with Crippen LogP contribution in [0.3, 0.4) is 0 Å². The van der Waals surface area contributed by atoms with E-state index >= 15 is 0 Å². The van der Waals surface area contributed by atoms with Crippen molar-refractivity contribution in [3.8, 4) is 0 Å². The van der Waals surface area contributed by atoms with Crippen LogP contribution in [0.15, 0.2) is 11.0 Å². The Balaban J connectivity index is 2.05. The van der Waals surface area contributed by atoms with Gasteiger partial charge in [0.05, 0.1) is 18.9 Å². The average molecular weight is 477 g/mol. The average Bonchev–Trinajstić information content (AvgIpc) is 2.99. The summed E-state index contributed by atoms with van der Waals surface area (Å²) >= 11 is 0. The molecule has 1 saturated heterocycles. The van der Waals surface area contributed by atoms with E-state index in [1.165, 1.54) is 0 Å². The summed E-state index contributed by atoms with van der Waals surface area (Å²) in [6, 6.07) is 0. The standard InChI is InChI=1S/C13H22FN3O11P2/c14-7-5-17(10-4-8(19)9(6-18)28-10)12(20)16-11(7)15-3-1-2-13(21,29(22,23)24)30(25,26)27/h5,8-10,18-19,21H,1-4,6H2,(H,15,16,20)(H2,22,23,24)(H2,25,26,27)/t8-,9+,10+/m0/s1. The molecule has 14 nitrogen and oxygen atoms in total. The smallest absolute Gasteiger partial charge is 0.369 e. The third kappa shape index (κ3) is 5.14. The van der Waals surface area contributed by atoms with Gasteiger partial charge in [-0.25, -0.2) is 9.18 Å². The number of aromatic nitrogens is 2. The van der Waals surface area contributed by atoms with Gasteiger partial charge in [0.25, 0.3) is 5.08 Å². The summed E-state index contributed by atoms with van der Waals surface area (Å²) in [6.45, 7) is -0.849. The van der Waals surface area contributed by atoms with E-state index in [1.54, 1.807) is 0 Å². The fourth-order valence-electron chi connectivity index (χ4n) is 2.82. The highest BCUT2D eigenvalue weighted by Crippen LogP contribution is 2.69. The summed E-state index contributed by atoms with van der Waals surface area (Å²) in [5, 5.41) is 27.2. The van der Waals surface area contributed by atoms with Crippen molar-refractivity contribution in [1.82, 2.24) is 9.55 Å².